The van der Waals surface area contributed by atoms with Crippen LogP contribution in [0, 0.1) is 5.92 Å². The molecule has 0 atom stereocenters. The van der Waals surface area contributed by atoms with Crippen LogP contribution in [0.3, 0.4) is 0 Å². The molecule has 0 spiro atoms. The first-order valence-corrected chi connectivity index (χ1v) is 5.48. The van der Waals surface area contributed by atoms with E-state index in [0.29, 0.717) is 12.5 Å². The van der Waals surface area contributed by atoms with Gasteiger partial charge < -0.3 is 11.1 Å². The van der Waals surface area contributed by atoms with E-state index in [1.807, 2.05) is 18.3 Å². The molecule has 0 aromatic carbocycles. The fraction of sp³-hybridized carbons (Fsp3) is 0.455. The van der Waals surface area contributed by atoms with E-state index in [1.165, 1.54) is 0 Å². The number of fused-ring (bicyclic) bond motifs is 1. The van der Waals surface area contributed by atoms with Gasteiger partial charge in [0.1, 0.15) is 5.82 Å². The SMILES string of the molecule is CC(C)CNc1ccc2nc(CN)cn2n1. The highest BCUT2D eigenvalue weighted by atomic mass is 15.3. The Morgan fingerprint density at radius 2 is 2.25 bits per heavy atom. The van der Waals surface area contributed by atoms with Gasteiger partial charge in [0.25, 0.3) is 0 Å². The van der Waals surface area contributed by atoms with Crippen molar-refractivity contribution in [3.8, 4) is 0 Å². The molecule has 2 rings (SSSR count). The van der Waals surface area contributed by atoms with Crippen molar-refractivity contribution in [3.63, 3.8) is 0 Å². The zero-order chi connectivity index (χ0) is 11.5. The molecule has 5 heteroatoms. The molecule has 0 radical (unpaired) electrons. The number of hydrogen-bond donors (Lipinski definition) is 2. The Kier molecular flexibility index (Phi) is 3.05. The average Bonchev–Trinajstić information content (AvgIpc) is 2.68. The summed E-state index contributed by atoms with van der Waals surface area (Å²) in [4.78, 5) is 4.32. The van der Waals surface area contributed by atoms with E-state index >= 15 is 0 Å². The Balaban J connectivity index is 2.22. The molecule has 0 saturated heterocycles. The largest absolute Gasteiger partial charge is 0.368 e. The summed E-state index contributed by atoms with van der Waals surface area (Å²) >= 11 is 0. The van der Waals surface area contributed by atoms with Gasteiger partial charge in [-0.25, -0.2) is 9.50 Å². The molecule has 0 unspecified atom stereocenters. The van der Waals surface area contributed by atoms with Crippen LogP contribution in [-0.2, 0) is 6.54 Å². The van der Waals surface area contributed by atoms with Gasteiger partial charge in [-0.2, -0.15) is 0 Å². The molecular weight excluding hydrogens is 202 g/mol. The molecular formula is C11H17N5. The van der Waals surface area contributed by atoms with E-state index in [9.17, 15) is 0 Å². The molecule has 5 nitrogen and oxygen atoms in total. The maximum Gasteiger partial charge on any atom is 0.153 e. The first kappa shape index (κ1) is 10.9. The summed E-state index contributed by atoms with van der Waals surface area (Å²) in [5.41, 5.74) is 7.22. The number of nitrogens with zero attached hydrogens (tertiary/aromatic N) is 3. The zero-order valence-corrected chi connectivity index (χ0v) is 9.64. The molecule has 86 valence electrons. The Bertz CT molecular complexity index is 474. The normalized spacial score (nSPS) is 11.2. The number of nitrogens with one attached hydrogen (secondary N) is 1. The van der Waals surface area contributed by atoms with Gasteiger partial charge in [0.15, 0.2) is 5.65 Å². The van der Waals surface area contributed by atoms with Gasteiger partial charge in [0, 0.05) is 13.1 Å². The van der Waals surface area contributed by atoms with E-state index in [0.717, 1.165) is 23.7 Å². The summed E-state index contributed by atoms with van der Waals surface area (Å²) < 4.78 is 1.75. The summed E-state index contributed by atoms with van der Waals surface area (Å²) in [6.45, 7) is 5.68. The van der Waals surface area contributed by atoms with Crippen molar-refractivity contribution in [2.45, 2.75) is 20.4 Å². The molecule has 0 fully saturated rings. The molecule has 2 aromatic heterocycles. The highest BCUT2D eigenvalue weighted by molar-refractivity contribution is 5.45. The van der Waals surface area contributed by atoms with Gasteiger partial charge in [-0.3, -0.25) is 0 Å². The molecule has 2 heterocycles. The molecule has 0 bridgehead atoms. The molecule has 3 N–H and O–H groups in total. The van der Waals surface area contributed by atoms with E-state index in [1.54, 1.807) is 4.52 Å². The van der Waals surface area contributed by atoms with Crippen LogP contribution in [0.1, 0.15) is 19.5 Å². The van der Waals surface area contributed by atoms with Gasteiger partial charge in [0.05, 0.1) is 11.9 Å². The summed E-state index contributed by atoms with van der Waals surface area (Å²) in [7, 11) is 0. The molecule has 0 amide bonds. The van der Waals surface area contributed by atoms with Crippen molar-refractivity contribution in [1.29, 1.82) is 0 Å². The minimum atomic E-state index is 0.443. The fourth-order valence-electron chi connectivity index (χ4n) is 1.43. The Labute approximate surface area is 94.7 Å². The fourth-order valence-corrected chi connectivity index (χ4v) is 1.43. The standard InChI is InChI=1S/C11H17N5/c1-8(2)6-13-10-3-4-11-14-9(5-12)7-16(11)15-10/h3-4,7-8H,5-6,12H2,1-2H3,(H,13,15). The number of aromatic nitrogens is 3. The third-order valence-corrected chi connectivity index (χ3v) is 2.27. The minimum absolute atomic E-state index is 0.443. The Hall–Kier alpha value is -1.62. The number of nitrogens with two attached hydrogens (primary N) is 1. The van der Waals surface area contributed by atoms with Crippen LogP contribution in [0.4, 0.5) is 5.82 Å². The summed E-state index contributed by atoms with van der Waals surface area (Å²) in [5, 5.41) is 7.68. The van der Waals surface area contributed by atoms with Crippen LogP contribution >= 0.6 is 0 Å². The first-order chi connectivity index (χ1) is 7.69. The van der Waals surface area contributed by atoms with Crippen LogP contribution in [0.5, 0.6) is 0 Å². The lowest BCUT2D eigenvalue weighted by molar-refractivity contribution is 0.685. The molecule has 16 heavy (non-hydrogen) atoms. The van der Waals surface area contributed by atoms with Gasteiger partial charge in [0.2, 0.25) is 0 Å². The molecule has 0 aliphatic rings. The van der Waals surface area contributed by atoms with Gasteiger partial charge in [-0.1, -0.05) is 13.8 Å². The summed E-state index contributed by atoms with van der Waals surface area (Å²) in [5.74, 6) is 1.46. The topological polar surface area (TPSA) is 68.2 Å². The minimum Gasteiger partial charge on any atom is -0.368 e. The maximum atomic E-state index is 5.53. The Morgan fingerprint density at radius 3 is 2.94 bits per heavy atom. The third kappa shape index (κ3) is 2.30. The van der Waals surface area contributed by atoms with E-state index in [-0.39, 0.29) is 0 Å². The summed E-state index contributed by atoms with van der Waals surface area (Å²) in [6, 6.07) is 3.87. The lowest BCUT2D eigenvalue weighted by Gasteiger charge is -2.07. The monoisotopic (exact) mass is 219 g/mol. The molecule has 0 aliphatic carbocycles. The highest BCUT2D eigenvalue weighted by Crippen LogP contribution is 2.08. The molecule has 0 saturated carbocycles. The van der Waals surface area contributed by atoms with Crippen LogP contribution in [0.25, 0.3) is 5.65 Å². The second-order valence-corrected chi connectivity index (χ2v) is 4.23. The van der Waals surface area contributed by atoms with Crippen LogP contribution < -0.4 is 11.1 Å². The Morgan fingerprint density at radius 1 is 1.44 bits per heavy atom. The zero-order valence-electron chi connectivity index (χ0n) is 9.64. The number of rotatable bonds is 4. The van der Waals surface area contributed by atoms with Crippen molar-refractivity contribution in [2.75, 3.05) is 11.9 Å². The third-order valence-electron chi connectivity index (χ3n) is 2.27. The number of anilines is 1. The second kappa shape index (κ2) is 4.49. The predicted molar refractivity (Wildman–Crippen MR) is 64.2 cm³/mol. The predicted octanol–water partition coefficient (Wildman–Crippen LogP) is 1.26. The van der Waals surface area contributed by atoms with E-state index in [4.69, 9.17) is 5.73 Å². The van der Waals surface area contributed by atoms with Crippen molar-refractivity contribution in [1.82, 2.24) is 14.6 Å². The lowest BCUT2D eigenvalue weighted by atomic mass is 10.2. The molecule has 0 aliphatic heterocycles. The maximum absolute atomic E-state index is 5.53. The van der Waals surface area contributed by atoms with Crippen LogP contribution in [0.15, 0.2) is 18.3 Å². The van der Waals surface area contributed by atoms with Crippen LogP contribution in [-0.4, -0.2) is 21.1 Å². The van der Waals surface area contributed by atoms with E-state index < -0.39 is 0 Å². The van der Waals surface area contributed by atoms with E-state index in [2.05, 4.69) is 29.2 Å². The summed E-state index contributed by atoms with van der Waals surface area (Å²) in [6.07, 6.45) is 1.86. The van der Waals surface area contributed by atoms with Crippen molar-refractivity contribution < 1.29 is 0 Å². The quantitative estimate of drug-likeness (QED) is 0.812. The lowest BCUT2D eigenvalue weighted by Crippen LogP contribution is -2.10. The molecule has 2 aromatic rings. The first-order valence-electron chi connectivity index (χ1n) is 5.48. The van der Waals surface area contributed by atoms with Crippen molar-refractivity contribution in [3.05, 3.63) is 24.0 Å². The van der Waals surface area contributed by atoms with Crippen molar-refractivity contribution in [2.24, 2.45) is 11.7 Å². The second-order valence-electron chi connectivity index (χ2n) is 4.23. The smallest absolute Gasteiger partial charge is 0.153 e. The van der Waals surface area contributed by atoms with Gasteiger partial charge >= 0.3 is 0 Å². The van der Waals surface area contributed by atoms with Crippen LogP contribution in [0.2, 0.25) is 0 Å². The van der Waals surface area contributed by atoms with Gasteiger partial charge in [-0.05, 0) is 18.1 Å². The number of hydrogen-bond acceptors (Lipinski definition) is 4. The van der Waals surface area contributed by atoms with Crippen molar-refractivity contribution >= 4 is 11.5 Å². The average molecular weight is 219 g/mol. The number of imidazole rings is 1. The highest BCUT2D eigenvalue weighted by Gasteiger charge is 2.02. The van der Waals surface area contributed by atoms with Gasteiger partial charge in [-0.15, -0.1) is 5.10 Å².